The average molecular weight is 557 g/mol. The topological polar surface area (TPSA) is 153 Å². The summed E-state index contributed by atoms with van der Waals surface area (Å²) in [5.41, 5.74) is 8.30. The van der Waals surface area contributed by atoms with Crippen molar-refractivity contribution in [1.82, 2.24) is 4.90 Å². The first-order chi connectivity index (χ1) is 19.3. The Morgan fingerprint density at radius 3 is 2.75 bits per heavy atom. The highest BCUT2D eigenvalue weighted by molar-refractivity contribution is 5.86. The molecule has 1 aliphatic carbocycles. The number of azide groups is 1. The number of aliphatic hydroxyl groups is 1. The van der Waals surface area contributed by atoms with Crippen LogP contribution in [0.4, 0.5) is 0 Å². The van der Waals surface area contributed by atoms with Gasteiger partial charge in [0, 0.05) is 36.4 Å². The predicted octanol–water partition coefficient (Wildman–Crippen LogP) is 3.53. The fraction of sp³-hybridized carbons (Fsp3) is 0.571. The maximum absolute atomic E-state index is 13.6. The minimum Gasteiger partial charge on any atom is -0.497 e. The maximum atomic E-state index is 13.6. The van der Waals surface area contributed by atoms with Gasteiger partial charge in [0.1, 0.15) is 5.76 Å². The zero-order chi connectivity index (χ0) is 28.7. The molecule has 0 amide bonds. The summed E-state index contributed by atoms with van der Waals surface area (Å²) >= 11 is 0. The van der Waals surface area contributed by atoms with E-state index in [1.54, 1.807) is 0 Å². The molecule has 0 spiro atoms. The van der Waals surface area contributed by atoms with Crippen LogP contribution in [0.5, 0.6) is 11.5 Å². The standard InChI is InChI=1S/C28H36N4O8/c1-4-5-11-32-12-8-18-13-21-22(39-17-38-21)14-19(18)25-20(32)15-23(36-2)26(25)40-27(34)28(35,16-24(33)37-3)9-6-7-10-30-31-29/h6-7,13-15,20,25-26,35H,4-5,8-12,16-17H2,1-3H3/b7-6+/t20-,25-,26+,28+/m0/s1. The lowest BCUT2D eigenvalue weighted by Gasteiger charge is -2.33. The number of unbranched alkanes of at least 4 members (excludes halogenated alkanes) is 1. The highest BCUT2D eigenvalue weighted by atomic mass is 16.7. The molecule has 1 N–H and O–H groups in total. The molecule has 2 aliphatic heterocycles. The summed E-state index contributed by atoms with van der Waals surface area (Å²) in [5, 5.41) is 14.8. The van der Waals surface area contributed by atoms with Gasteiger partial charge in [-0.05, 0) is 54.3 Å². The van der Waals surface area contributed by atoms with Gasteiger partial charge in [-0.15, -0.1) is 0 Å². The second kappa shape index (κ2) is 13.1. The molecule has 3 aliphatic rings. The van der Waals surface area contributed by atoms with Crippen LogP contribution in [-0.2, 0) is 30.2 Å². The van der Waals surface area contributed by atoms with E-state index in [1.807, 2.05) is 18.2 Å². The summed E-state index contributed by atoms with van der Waals surface area (Å²) in [7, 11) is 2.70. The largest absolute Gasteiger partial charge is 0.497 e. The Hall–Kier alpha value is -3.73. The van der Waals surface area contributed by atoms with Gasteiger partial charge in [0.05, 0.1) is 20.6 Å². The number of hydrogen-bond acceptors (Lipinski definition) is 10. The number of esters is 2. The second-order valence-corrected chi connectivity index (χ2v) is 10.0. The lowest BCUT2D eigenvalue weighted by molar-refractivity contribution is -0.176. The summed E-state index contributed by atoms with van der Waals surface area (Å²) in [6.07, 6.45) is 6.05. The molecule has 0 aromatic heterocycles. The van der Waals surface area contributed by atoms with E-state index in [-0.39, 0.29) is 31.7 Å². The number of nitrogens with zero attached hydrogens (tertiary/aromatic N) is 4. The van der Waals surface area contributed by atoms with Crippen molar-refractivity contribution in [2.75, 3.05) is 40.6 Å². The lowest BCUT2D eigenvalue weighted by atomic mass is 9.87. The van der Waals surface area contributed by atoms with E-state index in [0.29, 0.717) is 17.3 Å². The number of benzene rings is 1. The molecule has 2 heterocycles. The Labute approximate surface area is 233 Å². The van der Waals surface area contributed by atoms with Gasteiger partial charge >= 0.3 is 11.9 Å². The Bertz CT molecular complexity index is 1210. The van der Waals surface area contributed by atoms with E-state index in [1.165, 1.54) is 26.4 Å². The van der Waals surface area contributed by atoms with E-state index in [9.17, 15) is 14.7 Å². The van der Waals surface area contributed by atoms with Crippen molar-refractivity contribution in [3.63, 3.8) is 0 Å². The highest BCUT2D eigenvalue weighted by Gasteiger charge is 2.49. The highest BCUT2D eigenvalue weighted by Crippen LogP contribution is 2.47. The predicted molar refractivity (Wildman–Crippen MR) is 144 cm³/mol. The molecule has 0 saturated heterocycles. The van der Waals surface area contributed by atoms with Crippen LogP contribution in [0, 0.1) is 0 Å². The zero-order valence-electron chi connectivity index (χ0n) is 23.1. The molecule has 4 rings (SSSR count). The van der Waals surface area contributed by atoms with Gasteiger partial charge in [-0.1, -0.05) is 30.6 Å². The number of hydrogen-bond donors (Lipinski definition) is 1. The van der Waals surface area contributed by atoms with E-state index in [0.717, 1.165) is 43.5 Å². The maximum Gasteiger partial charge on any atom is 0.339 e. The summed E-state index contributed by atoms with van der Waals surface area (Å²) < 4.78 is 27.8. The fourth-order valence-electron chi connectivity index (χ4n) is 5.48. The number of ether oxygens (including phenoxy) is 5. The van der Waals surface area contributed by atoms with Gasteiger partial charge in [0.25, 0.3) is 0 Å². The molecule has 0 saturated carbocycles. The summed E-state index contributed by atoms with van der Waals surface area (Å²) in [4.78, 5) is 30.8. The molecule has 1 aromatic carbocycles. The van der Waals surface area contributed by atoms with Crippen molar-refractivity contribution in [3.8, 4) is 11.5 Å². The quantitative estimate of drug-likeness (QED) is 0.134. The molecule has 40 heavy (non-hydrogen) atoms. The van der Waals surface area contributed by atoms with Crippen LogP contribution in [0.15, 0.2) is 41.2 Å². The summed E-state index contributed by atoms with van der Waals surface area (Å²) in [6, 6.07) is 3.81. The van der Waals surface area contributed by atoms with Crippen LogP contribution in [-0.4, -0.2) is 80.3 Å². The first-order valence-corrected chi connectivity index (χ1v) is 13.4. The molecule has 0 radical (unpaired) electrons. The van der Waals surface area contributed by atoms with Crippen LogP contribution >= 0.6 is 0 Å². The van der Waals surface area contributed by atoms with Gasteiger partial charge < -0.3 is 28.8 Å². The van der Waals surface area contributed by atoms with Crippen LogP contribution in [0.3, 0.4) is 0 Å². The van der Waals surface area contributed by atoms with Crippen LogP contribution in [0.1, 0.15) is 49.7 Å². The van der Waals surface area contributed by atoms with Crippen LogP contribution in [0.2, 0.25) is 0 Å². The number of rotatable bonds is 12. The van der Waals surface area contributed by atoms with Crippen molar-refractivity contribution in [2.24, 2.45) is 5.11 Å². The summed E-state index contributed by atoms with van der Waals surface area (Å²) in [6.45, 7) is 3.97. The first kappa shape index (κ1) is 29.3. The normalized spacial score (nSPS) is 22.8. The lowest BCUT2D eigenvalue weighted by Crippen LogP contribution is -2.46. The monoisotopic (exact) mass is 556 g/mol. The third kappa shape index (κ3) is 6.19. The minimum atomic E-state index is -2.21. The van der Waals surface area contributed by atoms with Crippen molar-refractivity contribution in [3.05, 3.63) is 57.7 Å². The van der Waals surface area contributed by atoms with E-state index >= 15 is 0 Å². The molecule has 1 aromatic rings. The van der Waals surface area contributed by atoms with Gasteiger partial charge in [-0.3, -0.25) is 9.69 Å². The van der Waals surface area contributed by atoms with Gasteiger partial charge in [0.15, 0.2) is 23.2 Å². The Morgan fingerprint density at radius 2 is 2.05 bits per heavy atom. The molecular weight excluding hydrogens is 520 g/mol. The van der Waals surface area contributed by atoms with Crippen molar-refractivity contribution in [2.45, 2.75) is 62.7 Å². The molecule has 0 unspecified atom stereocenters. The smallest absolute Gasteiger partial charge is 0.339 e. The third-order valence-electron chi connectivity index (χ3n) is 7.58. The molecule has 12 heteroatoms. The molecule has 216 valence electrons. The van der Waals surface area contributed by atoms with Crippen molar-refractivity contribution >= 4 is 11.9 Å². The zero-order valence-corrected chi connectivity index (χ0v) is 23.1. The third-order valence-corrected chi connectivity index (χ3v) is 7.58. The minimum absolute atomic E-state index is 0.0310. The molecule has 4 atom stereocenters. The molecular formula is C28H36N4O8. The Morgan fingerprint density at radius 1 is 1.27 bits per heavy atom. The number of carbonyl (C=O) groups excluding carboxylic acids is 2. The van der Waals surface area contributed by atoms with Crippen molar-refractivity contribution < 1.29 is 38.4 Å². The van der Waals surface area contributed by atoms with Crippen LogP contribution < -0.4 is 9.47 Å². The van der Waals surface area contributed by atoms with Gasteiger partial charge in [-0.25, -0.2) is 4.79 Å². The van der Waals surface area contributed by atoms with E-state index < -0.39 is 30.1 Å². The Kier molecular flexibility index (Phi) is 9.57. The summed E-state index contributed by atoms with van der Waals surface area (Å²) in [5.74, 6) is -0.313. The number of methoxy groups -OCH3 is 2. The molecule has 0 bridgehead atoms. The second-order valence-electron chi connectivity index (χ2n) is 10.0. The first-order valence-electron chi connectivity index (χ1n) is 13.4. The van der Waals surface area contributed by atoms with E-state index in [4.69, 9.17) is 29.2 Å². The SMILES string of the molecule is CCCCN1CCc2cc3c(cc2[C@@H]2[C@H](OC(=O)[C@@](O)(C/C=C/CN=[N+]=[N-])CC(=O)OC)C(OC)=C[C@@H]21)OCO3. The van der Waals surface area contributed by atoms with E-state index in [2.05, 4.69) is 21.8 Å². The van der Waals surface area contributed by atoms with Crippen LogP contribution in [0.25, 0.3) is 10.4 Å². The molecule has 12 nitrogen and oxygen atoms in total. The molecule has 0 fully saturated rings. The number of carbonyl (C=O) groups is 2. The fourth-order valence-corrected chi connectivity index (χ4v) is 5.48. The Balaban J connectivity index is 1.69. The average Bonchev–Trinajstić information content (AvgIpc) is 3.52. The van der Waals surface area contributed by atoms with Gasteiger partial charge in [0.2, 0.25) is 6.79 Å². The number of fused-ring (bicyclic) bond motifs is 4. The van der Waals surface area contributed by atoms with Gasteiger partial charge in [-0.2, -0.15) is 0 Å². The van der Waals surface area contributed by atoms with Crippen molar-refractivity contribution in [1.29, 1.82) is 0 Å².